The van der Waals surface area contributed by atoms with Crippen LogP contribution >= 0.6 is 0 Å². The fourth-order valence-electron chi connectivity index (χ4n) is 8.95. The van der Waals surface area contributed by atoms with E-state index < -0.39 is 0 Å². The fourth-order valence-corrected chi connectivity index (χ4v) is 8.95. The molecule has 0 spiro atoms. The maximum atomic E-state index is 2.52. The minimum absolute atomic E-state index is 0.0575. The van der Waals surface area contributed by atoms with E-state index in [1.54, 1.807) is 0 Å². The van der Waals surface area contributed by atoms with Crippen molar-refractivity contribution in [1.29, 1.82) is 0 Å². The summed E-state index contributed by atoms with van der Waals surface area (Å²) < 4.78 is 2.41. The molecule has 0 saturated heterocycles. The highest BCUT2D eigenvalue weighted by molar-refractivity contribution is 7.00. The van der Waals surface area contributed by atoms with E-state index in [0.29, 0.717) is 0 Å². The predicted octanol–water partition coefficient (Wildman–Crippen LogP) is 10.5. The first-order chi connectivity index (χ1) is 25.9. The lowest BCUT2D eigenvalue weighted by molar-refractivity contribution is 1.18. The Balaban J connectivity index is 1.24. The van der Waals surface area contributed by atoms with Gasteiger partial charge in [-0.25, -0.2) is 0 Å². The number of benzene rings is 8. The summed E-state index contributed by atoms with van der Waals surface area (Å²) >= 11 is 0. The van der Waals surface area contributed by atoms with Crippen molar-refractivity contribution in [3.8, 4) is 16.8 Å². The summed E-state index contributed by atoms with van der Waals surface area (Å²) in [5.74, 6) is 0. The molecule has 52 heavy (non-hydrogen) atoms. The van der Waals surface area contributed by atoms with E-state index in [1.165, 1.54) is 72.1 Å². The molecule has 3 heterocycles. The third-order valence-electron chi connectivity index (χ3n) is 11.0. The summed E-state index contributed by atoms with van der Waals surface area (Å²) in [4.78, 5) is 4.97. The van der Waals surface area contributed by atoms with Crippen LogP contribution in [0.3, 0.4) is 0 Å². The number of hydrogen-bond acceptors (Lipinski definition) is 2. The van der Waals surface area contributed by atoms with Crippen LogP contribution in [0.1, 0.15) is 0 Å². The van der Waals surface area contributed by atoms with Gasteiger partial charge in [0.2, 0.25) is 0 Å². The normalized spacial score (nSPS) is 12.9. The Bertz CT molecular complexity index is 2810. The van der Waals surface area contributed by atoms with E-state index in [4.69, 9.17) is 0 Å². The molecule has 0 fully saturated rings. The lowest BCUT2D eigenvalue weighted by atomic mass is 9.33. The van der Waals surface area contributed by atoms with Crippen LogP contribution in [0.4, 0.5) is 34.1 Å². The van der Waals surface area contributed by atoms with Gasteiger partial charge in [0.25, 0.3) is 6.71 Å². The van der Waals surface area contributed by atoms with Crippen molar-refractivity contribution in [3.63, 3.8) is 0 Å². The maximum Gasteiger partial charge on any atom is 0.252 e. The molecule has 242 valence electrons. The molecular formula is C48H32BN3. The second-order valence-corrected chi connectivity index (χ2v) is 13.7. The first-order valence-electron chi connectivity index (χ1n) is 18.0. The molecule has 0 saturated carbocycles. The van der Waals surface area contributed by atoms with Gasteiger partial charge in [-0.1, -0.05) is 127 Å². The van der Waals surface area contributed by atoms with Crippen LogP contribution in [0.5, 0.6) is 0 Å². The summed E-state index contributed by atoms with van der Waals surface area (Å²) in [5.41, 5.74) is 17.2. The SMILES string of the molecule is c1ccc(N2c3ccccc3B3c4cccc(-c5cccc6c5c5ccccc5n6-c5ccccc5)c4N(c4ccccc4)c4cccc2c43)cc1. The van der Waals surface area contributed by atoms with E-state index in [-0.39, 0.29) is 6.71 Å². The molecule has 2 aliphatic rings. The lowest BCUT2D eigenvalue weighted by Gasteiger charge is -2.44. The van der Waals surface area contributed by atoms with Gasteiger partial charge in [-0.2, -0.15) is 0 Å². The van der Waals surface area contributed by atoms with Crippen molar-refractivity contribution in [2.24, 2.45) is 0 Å². The van der Waals surface area contributed by atoms with Crippen LogP contribution < -0.4 is 26.2 Å². The Morgan fingerprint density at radius 1 is 0.346 bits per heavy atom. The third kappa shape index (κ3) is 4.09. The average molecular weight is 662 g/mol. The summed E-state index contributed by atoms with van der Waals surface area (Å²) in [6.45, 7) is 0.0575. The van der Waals surface area contributed by atoms with Crippen molar-refractivity contribution >= 4 is 79.0 Å². The van der Waals surface area contributed by atoms with E-state index in [2.05, 4.69) is 208 Å². The molecule has 3 nitrogen and oxygen atoms in total. The van der Waals surface area contributed by atoms with Gasteiger partial charge in [-0.05, 0) is 88.7 Å². The molecule has 2 aliphatic heterocycles. The molecular weight excluding hydrogens is 629 g/mol. The van der Waals surface area contributed by atoms with E-state index >= 15 is 0 Å². The summed E-state index contributed by atoms with van der Waals surface area (Å²) in [7, 11) is 0. The molecule has 4 heteroatoms. The lowest BCUT2D eigenvalue weighted by Crippen LogP contribution is -2.61. The highest BCUT2D eigenvalue weighted by Crippen LogP contribution is 2.48. The molecule has 0 radical (unpaired) electrons. The van der Waals surface area contributed by atoms with Crippen LogP contribution in [0.2, 0.25) is 0 Å². The van der Waals surface area contributed by atoms with Gasteiger partial charge in [0.15, 0.2) is 0 Å². The zero-order valence-electron chi connectivity index (χ0n) is 28.4. The van der Waals surface area contributed by atoms with Gasteiger partial charge < -0.3 is 14.4 Å². The summed E-state index contributed by atoms with van der Waals surface area (Å²) in [6.07, 6.45) is 0. The first kappa shape index (κ1) is 29.0. The minimum atomic E-state index is 0.0575. The standard InChI is InChI=1S/C48H32BN3/c1-4-17-33(18-5-1)50-41-28-12-10-23-38(41)46-36(24-15-30-43(46)50)37-25-14-27-40-48(37)52(35-21-8-3-9-22-35)45-32-16-31-44-47(45)49(40)39-26-11-13-29-42(39)51(44)34-19-6-2-7-20-34/h1-32H. The van der Waals surface area contributed by atoms with Crippen LogP contribution in [0.15, 0.2) is 194 Å². The largest absolute Gasteiger partial charge is 0.311 e. The number of hydrogen-bond donors (Lipinski definition) is 0. The molecule has 0 unspecified atom stereocenters. The van der Waals surface area contributed by atoms with Crippen molar-refractivity contribution in [2.75, 3.05) is 9.80 Å². The summed E-state index contributed by atoms with van der Waals surface area (Å²) in [6, 6.07) is 70.9. The second-order valence-electron chi connectivity index (χ2n) is 13.7. The number of para-hydroxylation sites is 6. The second kappa shape index (κ2) is 11.4. The molecule has 0 atom stereocenters. The predicted molar refractivity (Wildman–Crippen MR) is 220 cm³/mol. The zero-order chi connectivity index (χ0) is 34.2. The van der Waals surface area contributed by atoms with Crippen molar-refractivity contribution in [1.82, 2.24) is 4.57 Å². The topological polar surface area (TPSA) is 11.4 Å². The van der Waals surface area contributed by atoms with Crippen LogP contribution in [-0.4, -0.2) is 11.3 Å². The maximum absolute atomic E-state index is 2.52. The number of anilines is 6. The van der Waals surface area contributed by atoms with Gasteiger partial charge in [-0.15, -0.1) is 0 Å². The van der Waals surface area contributed by atoms with E-state index in [0.717, 1.165) is 17.1 Å². The Labute approximate surface area is 303 Å². The number of nitrogens with zero attached hydrogens (tertiary/aromatic N) is 3. The Hall–Kier alpha value is -6.78. The molecule has 0 aliphatic carbocycles. The van der Waals surface area contributed by atoms with Gasteiger partial charge in [-0.3, -0.25) is 0 Å². The Morgan fingerprint density at radius 3 is 1.63 bits per heavy atom. The quantitative estimate of drug-likeness (QED) is 0.174. The molecule has 9 aromatic rings. The van der Waals surface area contributed by atoms with Crippen LogP contribution in [-0.2, 0) is 0 Å². The van der Waals surface area contributed by atoms with Gasteiger partial charge in [0, 0.05) is 56.1 Å². The van der Waals surface area contributed by atoms with Crippen LogP contribution in [0, 0.1) is 0 Å². The van der Waals surface area contributed by atoms with E-state index in [9.17, 15) is 0 Å². The molecule has 8 aromatic carbocycles. The number of rotatable bonds is 4. The highest BCUT2D eigenvalue weighted by Gasteiger charge is 2.43. The smallest absolute Gasteiger partial charge is 0.252 e. The molecule has 1 aromatic heterocycles. The van der Waals surface area contributed by atoms with Crippen molar-refractivity contribution < 1.29 is 0 Å². The Morgan fingerprint density at radius 2 is 0.865 bits per heavy atom. The van der Waals surface area contributed by atoms with Crippen molar-refractivity contribution in [3.05, 3.63) is 194 Å². The average Bonchev–Trinajstić information content (AvgIpc) is 3.56. The molecule has 11 rings (SSSR count). The first-order valence-corrected chi connectivity index (χ1v) is 18.0. The van der Waals surface area contributed by atoms with Gasteiger partial charge in [0.1, 0.15) is 0 Å². The minimum Gasteiger partial charge on any atom is -0.311 e. The Kier molecular flexibility index (Phi) is 6.35. The van der Waals surface area contributed by atoms with Gasteiger partial charge in [0.05, 0.1) is 11.0 Å². The van der Waals surface area contributed by atoms with Gasteiger partial charge >= 0.3 is 0 Å². The third-order valence-corrected chi connectivity index (χ3v) is 11.0. The monoisotopic (exact) mass is 661 g/mol. The molecule has 0 amide bonds. The summed E-state index contributed by atoms with van der Waals surface area (Å²) in [5, 5.41) is 2.52. The molecule has 0 N–H and O–H groups in total. The number of fused-ring (bicyclic) bond motifs is 7. The fraction of sp³-hybridized carbons (Fsp3) is 0. The van der Waals surface area contributed by atoms with Crippen molar-refractivity contribution in [2.45, 2.75) is 0 Å². The zero-order valence-corrected chi connectivity index (χ0v) is 28.4. The number of aromatic nitrogens is 1. The molecule has 0 bridgehead atoms. The highest BCUT2D eigenvalue weighted by atomic mass is 15.2. The van der Waals surface area contributed by atoms with Crippen LogP contribution in [0.25, 0.3) is 38.6 Å². The van der Waals surface area contributed by atoms with E-state index in [1.807, 2.05) is 0 Å².